The number of benzene rings is 3. The predicted octanol–water partition coefficient (Wildman–Crippen LogP) is 4.15. The van der Waals surface area contributed by atoms with Gasteiger partial charge in [0.2, 0.25) is 5.91 Å². The number of nitrogens with one attached hydrogen (secondary N) is 2. The number of carbonyl (C=O) groups is 2. The summed E-state index contributed by atoms with van der Waals surface area (Å²) in [5, 5.41) is 5.86. The first-order valence-corrected chi connectivity index (χ1v) is 9.63. The van der Waals surface area contributed by atoms with E-state index < -0.39 is 5.97 Å². The maximum absolute atomic E-state index is 12.2. The Kier molecular flexibility index (Phi) is 7.44. The van der Waals surface area contributed by atoms with Crippen LogP contribution in [0.15, 0.2) is 78.9 Å². The Morgan fingerprint density at radius 3 is 2.37 bits per heavy atom. The van der Waals surface area contributed by atoms with Gasteiger partial charge in [0.05, 0.1) is 25.8 Å². The lowest BCUT2D eigenvalue weighted by molar-refractivity contribution is -0.114. The van der Waals surface area contributed by atoms with E-state index in [-0.39, 0.29) is 12.5 Å². The Hall–Kier alpha value is -3.80. The van der Waals surface area contributed by atoms with Gasteiger partial charge in [0.1, 0.15) is 5.75 Å². The van der Waals surface area contributed by atoms with Gasteiger partial charge in [-0.25, -0.2) is 4.79 Å². The monoisotopic (exact) mass is 404 g/mol. The van der Waals surface area contributed by atoms with E-state index in [2.05, 4.69) is 27.5 Å². The fraction of sp³-hybridized carbons (Fsp3) is 0.167. The lowest BCUT2D eigenvalue weighted by Gasteiger charge is -2.10. The van der Waals surface area contributed by atoms with E-state index >= 15 is 0 Å². The van der Waals surface area contributed by atoms with Crippen molar-refractivity contribution < 1.29 is 19.1 Å². The van der Waals surface area contributed by atoms with Crippen molar-refractivity contribution >= 4 is 23.3 Å². The molecule has 0 radical (unpaired) electrons. The molecule has 2 N–H and O–H groups in total. The van der Waals surface area contributed by atoms with Crippen LogP contribution < -0.4 is 15.4 Å². The summed E-state index contributed by atoms with van der Waals surface area (Å²) >= 11 is 0. The summed E-state index contributed by atoms with van der Waals surface area (Å²) in [6, 6.07) is 24.2. The van der Waals surface area contributed by atoms with Gasteiger partial charge in [-0.1, -0.05) is 36.4 Å². The molecule has 0 atom stereocenters. The Morgan fingerprint density at radius 1 is 0.867 bits per heavy atom. The van der Waals surface area contributed by atoms with Gasteiger partial charge in [0, 0.05) is 23.9 Å². The Morgan fingerprint density at radius 2 is 1.63 bits per heavy atom. The first-order chi connectivity index (χ1) is 14.6. The zero-order valence-electron chi connectivity index (χ0n) is 16.8. The lowest BCUT2D eigenvalue weighted by atomic mass is 10.2. The molecule has 0 unspecified atom stereocenters. The molecule has 30 heavy (non-hydrogen) atoms. The predicted molar refractivity (Wildman–Crippen MR) is 117 cm³/mol. The molecule has 0 saturated carbocycles. The van der Waals surface area contributed by atoms with Gasteiger partial charge in [-0.15, -0.1) is 0 Å². The molecule has 1 amide bonds. The van der Waals surface area contributed by atoms with E-state index in [0.29, 0.717) is 23.6 Å². The maximum atomic E-state index is 12.2. The number of rotatable bonds is 9. The number of amides is 1. The molecule has 6 heteroatoms. The van der Waals surface area contributed by atoms with Crippen LogP contribution in [-0.2, 0) is 16.0 Å². The molecular formula is C24H24N2O4. The molecule has 0 aliphatic carbocycles. The van der Waals surface area contributed by atoms with Crippen molar-refractivity contribution in [3.63, 3.8) is 0 Å². The van der Waals surface area contributed by atoms with Gasteiger partial charge in [-0.05, 0) is 42.0 Å². The van der Waals surface area contributed by atoms with Gasteiger partial charge in [0.15, 0.2) is 0 Å². The molecule has 3 aromatic carbocycles. The quantitative estimate of drug-likeness (QED) is 0.524. The van der Waals surface area contributed by atoms with Gasteiger partial charge in [-0.3, -0.25) is 4.79 Å². The van der Waals surface area contributed by atoms with Crippen LogP contribution >= 0.6 is 0 Å². The van der Waals surface area contributed by atoms with Crippen LogP contribution in [0.5, 0.6) is 5.75 Å². The van der Waals surface area contributed by atoms with Crippen molar-refractivity contribution in [1.82, 2.24) is 0 Å². The van der Waals surface area contributed by atoms with Crippen LogP contribution in [0.4, 0.5) is 11.4 Å². The Bertz CT molecular complexity index is 972. The number of methoxy groups -OCH3 is 1. The average molecular weight is 404 g/mol. The highest BCUT2D eigenvalue weighted by Crippen LogP contribution is 2.18. The summed E-state index contributed by atoms with van der Waals surface area (Å²) in [7, 11) is 1.34. The fourth-order valence-corrected chi connectivity index (χ4v) is 2.82. The largest absolute Gasteiger partial charge is 0.493 e. The van der Waals surface area contributed by atoms with Crippen LogP contribution in [0.2, 0.25) is 0 Å². The maximum Gasteiger partial charge on any atom is 0.337 e. The smallest absolute Gasteiger partial charge is 0.337 e. The number of ether oxygens (including phenoxy) is 2. The minimum Gasteiger partial charge on any atom is -0.493 e. The second-order valence-electron chi connectivity index (χ2n) is 6.58. The minimum atomic E-state index is -0.398. The van der Waals surface area contributed by atoms with Crippen molar-refractivity contribution in [2.75, 3.05) is 30.9 Å². The zero-order valence-corrected chi connectivity index (χ0v) is 16.8. The summed E-state index contributed by atoms with van der Waals surface area (Å²) in [4.78, 5) is 23.7. The topological polar surface area (TPSA) is 76.7 Å². The normalized spacial score (nSPS) is 10.2. The van der Waals surface area contributed by atoms with Crippen LogP contribution in [0, 0.1) is 0 Å². The standard InChI is InChI=1S/C24H24N2O4/c1-29-24(28)19-10-12-20(13-11-19)25-17-23(27)26-21-8-5-9-22(16-21)30-15-14-18-6-3-2-4-7-18/h2-13,16,25H,14-15,17H2,1H3,(H,26,27). The molecule has 0 heterocycles. The van der Waals surface area contributed by atoms with E-state index in [9.17, 15) is 9.59 Å². The summed E-state index contributed by atoms with van der Waals surface area (Å²) in [5.41, 5.74) is 3.07. The summed E-state index contributed by atoms with van der Waals surface area (Å²) < 4.78 is 10.5. The van der Waals surface area contributed by atoms with E-state index in [1.165, 1.54) is 12.7 Å². The van der Waals surface area contributed by atoms with E-state index in [0.717, 1.165) is 12.1 Å². The Balaban J connectivity index is 1.45. The highest BCUT2D eigenvalue weighted by atomic mass is 16.5. The third kappa shape index (κ3) is 6.38. The number of hydrogen-bond donors (Lipinski definition) is 2. The SMILES string of the molecule is COC(=O)c1ccc(NCC(=O)Nc2cccc(OCCc3ccccc3)c2)cc1. The number of hydrogen-bond acceptors (Lipinski definition) is 5. The third-order valence-corrected chi connectivity index (χ3v) is 4.38. The van der Waals surface area contributed by atoms with Crippen LogP contribution in [0.25, 0.3) is 0 Å². The van der Waals surface area contributed by atoms with Crippen LogP contribution in [-0.4, -0.2) is 32.1 Å². The van der Waals surface area contributed by atoms with Crippen LogP contribution in [0.3, 0.4) is 0 Å². The second kappa shape index (κ2) is 10.7. The number of anilines is 2. The summed E-state index contributed by atoms with van der Waals surface area (Å²) in [6.07, 6.45) is 0.816. The van der Waals surface area contributed by atoms with E-state index in [1.54, 1.807) is 30.3 Å². The molecule has 0 fully saturated rings. The molecule has 0 aromatic heterocycles. The van der Waals surface area contributed by atoms with E-state index in [1.807, 2.05) is 36.4 Å². The molecule has 0 aliphatic heterocycles. The molecule has 0 saturated heterocycles. The summed E-state index contributed by atoms with van der Waals surface area (Å²) in [6.45, 7) is 0.654. The lowest BCUT2D eigenvalue weighted by Crippen LogP contribution is -2.21. The third-order valence-electron chi connectivity index (χ3n) is 4.38. The van der Waals surface area contributed by atoms with Crippen molar-refractivity contribution in [3.05, 3.63) is 90.0 Å². The fourth-order valence-electron chi connectivity index (χ4n) is 2.82. The molecule has 3 aromatic rings. The average Bonchev–Trinajstić information content (AvgIpc) is 2.78. The highest BCUT2D eigenvalue weighted by molar-refractivity contribution is 5.94. The van der Waals surface area contributed by atoms with E-state index in [4.69, 9.17) is 4.74 Å². The Labute approximate surface area is 175 Å². The number of carbonyl (C=O) groups excluding carboxylic acids is 2. The second-order valence-corrected chi connectivity index (χ2v) is 6.58. The van der Waals surface area contributed by atoms with Crippen molar-refractivity contribution in [2.24, 2.45) is 0 Å². The molecule has 0 bridgehead atoms. The van der Waals surface area contributed by atoms with Crippen molar-refractivity contribution in [3.8, 4) is 5.75 Å². The van der Waals surface area contributed by atoms with Crippen LogP contribution in [0.1, 0.15) is 15.9 Å². The number of esters is 1. The van der Waals surface area contributed by atoms with Crippen molar-refractivity contribution in [1.29, 1.82) is 0 Å². The van der Waals surface area contributed by atoms with Gasteiger partial charge in [0.25, 0.3) is 0 Å². The molecular weight excluding hydrogens is 380 g/mol. The highest BCUT2D eigenvalue weighted by Gasteiger charge is 2.06. The minimum absolute atomic E-state index is 0.0939. The first kappa shape index (κ1) is 20.9. The molecule has 3 rings (SSSR count). The molecule has 154 valence electrons. The molecule has 0 spiro atoms. The zero-order chi connectivity index (χ0) is 21.2. The van der Waals surface area contributed by atoms with Crippen molar-refractivity contribution in [2.45, 2.75) is 6.42 Å². The van der Waals surface area contributed by atoms with Gasteiger partial charge in [-0.2, -0.15) is 0 Å². The van der Waals surface area contributed by atoms with Gasteiger partial charge < -0.3 is 20.1 Å². The summed E-state index contributed by atoms with van der Waals surface area (Å²) in [5.74, 6) is 0.119. The molecule has 6 nitrogen and oxygen atoms in total. The molecule has 0 aliphatic rings. The first-order valence-electron chi connectivity index (χ1n) is 9.63. The van der Waals surface area contributed by atoms with Gasteiger partial charge >= 0.3 is 5.97 Å².